The number of rotatable bonds is 17. The van der Waals surface area contributed by atoms with Gasteiger partial charge in [-0.3, -0.25) is 62.7 Å². The second-order valence-electron chi connectivity index (χ2n) is 19.4. The van der Waals surface area contributed by atoms with E-state index in [1.165, 1.54) is 16.7 Å². The molecule has 0 saturated carbocycles. The van der Waals surface area contributed by atoms with Crippen LogP contribution in [-0.4, -0.2) is 116 Å². The summed E-state index contributed by atoms with van der Waals surface area (Å²) >= 11 is 2.80. The number of aryl methyl sites for hydroxylation is 3. The zero-order valence-corrected chi connectivity index (χ0v) is 56.3. The summed E-state index contributed by atoms with van der Waals surface area (Å²) in [5.41, 5.74) is 35.6. The molecule has 0 unspecified atom stereocenters. The van der Waals surface area contributed by atoms with Crippen molar-refractivity contribution in [1.29, 1.82) is 5.41 Å². The molecule has 0 spiro atoms. The number of aromatic nitrogens is 5. The van der Waals surface area contributed by atoms with E-state index in [0.29, 0.717) is 49.7 Å². The van der Waals surface area contributed by atoms with Crippen LogP contribution in [-0.2, 0) is 45.8 Å². The number of nitrogens with two attached hydrogens (primary N) is 5. The Kier molecular flexibility index (Phi) is 42.3. The molecule has 0 radical (unpaired) electrons. The fraction of sp³-hybridized carbons (Fsp3) is 0.297. The Morgan fingerprint density at radius 3 is 1.27 bits per heavy atom. The molecule has 95 heavy (non-hydrogen) atoms. The van der Waals surface area contributed by atoms with Gasteiger partial charge in [-0.25, -0.2) is 13.5 Å². The Hall–Kier alpha value is -10.2. The Morgan fingerprint density at radius 1 is 0.621 bits per heavy atom. The number of nitrogen functional groups attached to an aromatic ring is 1. The Labute approximate surface area is 560 Å². The number of nitrogens with one attached hydrogen (secondary N) is 5. The van der Waals surface area contributed by atoms with Gasteiger partial charge in [0.15, 0.2) is 17.6 Å². The molecule has 0 atom stereocenters. The first-order valence-corrected chi connectivity index (χ1v) is 31.7. The van der Waals surface area contributed by atoms with E-state index in [4.69, 9.17) is 51.6 Å². The highest BCUT2D eigenvalue weighted by Crippen LogP contribution is 2.17. The summed E-state index contributed by atoms with van der Waals surface area (Å²) in [6.07, 6.45) is 12.8. The molecule has 0 aliphatic carbocycles. The Balaban J connectivity index is 0.000000543. The van der Waals surface area contributed by atoms with Crippen molar-refractivity contribution in [2.45, 2.75) is 91.5 Å². The minimum absolute atomic E-state index is 0.0250. The number of carbonyl (C=O) groups is 4. The third-order valence-electron chi connectivity index (χ3n) is 11.9. The molecule has 512 valence electrons. The van der Waals surface area contributed by atoms with Crippen LogP contribution < -0.4 is 50.8 Å². The highest BCUT2D eigenvalue weighted by molar-refractivity contribution is 9.08. The highest BCUT2D eigenvalue weighted by Gasteiger charge is 2.26. The second kappa shape index (κ2) is 48.6. The first-order valence-electron chi connectivity index (χ1n) is 29.6. The van der Waals surface area contributed by atoms with E-state index in [9.17, 15) is 28.8 Å². The lowest BCUT2D eigenvalue weighted by molar-refractivity contribution is -0.131. The molecule has 1 fully saturated rings. The zero-order valence-electron chi connectivity index (χ0n) is 53.9. The summed E-state index contributed by atoms with van der Waals surface area (Å²) in [5, 5.41) is 27.0. The number of hydrogen-bond donors (Lipinski definition) is 12. The predicted molar refractivity (Wildman–Crippen MR) is 370 cm³/mol. The van der Waals surface area contributed by atoms with Crippen molar-refractivity contribution < 1.29 is 45.7 Å². The van der Waals surface area contributed by atoms with Gasteiger partial charge in [-0.2, -0.15) is 18.6 Å². The molecule has 5 aromatic carbocycles. The molecule has 4 amide bonds. The van der Waals surface area contributed by atoms with Crippen LogP contribution in [0.2, 0.25) is 0 Å². The lowest BCUT2D eigenvalue weighted by atomic mass is 10.1. The summed E-state index contributed by atoms with van der Waals surface area (Å²) in [6, 6.07) is 43.6. The van der Waals surface area contributed by atoms with Gasteiger partial charge in [-0.1, -0.05) is 141 Å². The molecule has 29 nitrogen and oxygen atoms in total. The molecule has 0 bridgehead atoms. The van der Waals surface area contributed by atoms with Crippen molar-refractivity contribution in [3.8, 4) is 22.8 Å². The van der Waals surface area contributed by atoms with Crippen molar-refractivity contribution in [3.63, 3.8) is 0 Å². The third-order valence-corrected chi connectivity index (χ3v) is 12.7. The third kappa shape index (κ3) is 38.4. The van der Waals surface area contributed by atoms with E-state index in [0.717, 1.165) is 88.8 Å². The summed E-state index contributed by atoms with van der Waals surface area (Å²) in [6.45, 7) is 8.34. The average molecular weight is 1400 g/mol. The largest absolute Gasteiger partial charge is 0.439 e. The predicted octanol–water partition coefficient (Wildman–Crippen LogP) is 8.03. The molecule has 31 heteroatoms. The van der Waals surface area contributed by atoms with Gasteiger partial charge in [0.05, 0.1) is 21.8 Å². The number of pyridine rings is 1. The lowest BCUT2D eigenvalue weighted by Crippen LogP contribution is -2.23. The fourth-order valence-electron chi connectivity index (χ4n) is 7.29. The van der Waals surface area contributed by atoms with E-state index in [1.54, 1.807) is 57.8 Å². The number of aliphatic imine (C=N–C) groups is 1. The number of unbranched alkanes of at least 4 members (excludes halogenated alkanes) is 1. The van der Waals surface area contributed by atoms with Gasteiger partial charge in [0.25, 0.3) is 11.8 Å². The maximum absolute atomic E-state index is 11.2. The molecule has 1 saturated heterocycles. The Morgan fingerprint density at radius 2 is 1.00 bits per heavy atom. The van der Waals surface area contributed by atoms with Crippen molar-refractivity contribution in [3.05, 3.63) is 212 Å². The lowest BCUT2D eigenvalue weighted by Gasteiger charge is -2.01. The number of azo groups is 1. The average Bonchev–Trinajstić information content (AvgIpc) is 2.41. The minimum atomic E-state index is -4.67. The summed E-state index contributed by atoms with van der Waals surface area (Å²) < 4.78 is 41.4. The van der Waals surface area contributed by atoms with E-state index in [1.807, 2.05) is 115 Å². The number of H-pyrrole nitrogens is 2. The molecular formula is C64H86BrN17O12S. The number of halogens is 1. The van der Waals surface area contributed by atoms with Gasteiger partial charge in [-0.05, 0) is 109 Å². The zero-order chi connectivity index (χ0) is 71.0. The van der Waals surface area contributed by atoms with Crippen molar-refractivity contribution in [2.24, 2.45) is 43.9 Å². The monoisotopic (exact) mass is 1400 g/mol. The van der Waals surface area contributed by atoms with Crippen LogP contribution in [0.3, 0.4) is 0 Å². The van der Waals surface area contributed by atoms with Gasteiger partial charge in [0.2, 0.25) is 11.8 Å². The second-order valence-corrected chi connectivity index (χ2v) is 21.0. The van der Waals surface area contributed by atoms with Gasteiger partial charge >= 0.3 is 21.9 Å². The maximum atomic E-state index is 11.2. The molecule has 17 N–H and O–H groups in total. The van der Waals surface area contributed by atoms with Crippen molar-refractivity contribution in [2.75, 3.05) is 34.2 Å². The highest BCUT2D eigenvalue weighted by atomic mass is 79.9. The van der Waals surface area contributed by atoms with E-state index >= 15 is 0 Å². The summed E-state index contributed by atoms with van der Waals surface area (Å²) in [7, 11) is 0.178. The van der Waals surface area contributed by atoms with Gasteiger partial charge in [0, 0.05) is 87.3 Å². The number of carbonyl (C=O) groups excluding carboxylic acids is 4. The molecule has 9 rings (SSSR count). The van der Waals surface area contributed by atoms with Crippen molar-refractivity contribution >= 4 is 67.7 Å². The van der Waals surface area contributed by atoms with Gasteiger partial charge in [-0.15, -0.1) is 0 Å². The number of aromatic amines is 2. The summed E-state index contributed by atoms with van der Waals surface area (Å²) in [5.74, 6) is -0.287. The van der Waals surface area contributed by atoms with Crippen LogP contribution in [0.5, 0.6) is 0 Å². The quantitative estimate of drug-likeness (QED) is 0.00780. The normalized spacial score (nSPS) is 10.8. The number of guanidine groups is 1. The number of amidine groups is 1. The van der Waals surface area contributed by atoms with E-state index in [-0.39, 0.29) is 35.4 Å². The van der Waals surface area contributed by atoms with Crippen LogP contribution in [0.4, 0.5) is 5.69 Å². The number of benzene rings is 5. The SMILES string of the molecule is CCCc1ccc(-c2noc(=O)[nH]2)cc1.CCCc1ccc(C(=N)N)cc1.CCCc1ccc(C(=O)NC)cc1.CN=Nc1ccc(C(=O)NC)cc1.NCCCCN=C(N)N.NCc1ccc(-c2noc(=O)[nH]2)cc1.O=C1CCC(=O)N1Br.O=S(=O)(O)O.c1ccncc1. The van der Waals surface area contributed by atoms with E-state index < -0.39 is 21.9 Å². The van der Waals surface area contributed by atoms with Crippen LogP contribution in [0.15, 0.2) is 186 Å². The standard InChI is InChI=1S/C11H12N2O2.C11H15NO.C10H14N2.C9H9N3O2.C9H11N3O.C5H14N4.C5H5N.C4H4BrNO2.H2O4S/c1-2-3-8-4-6-9(7-5-8)10-12-11(14)15-13-10;1-3-4-9-5-7-10(8-6-9)11(13)12-2;1-2-3-8-4-6-9(7-5-8)10(11)12;10-5-6-1-3-7(4-2-6)8-11-9(13)14-12-8;1-10-9(13)7-3-5-8(6-4-7)12-11-2;6-3-1-2-4-9-5(7)8;1-2-4-6-5-3-1;5-6-3(7)1-2-4(6)8;1-5(2,3)4/h4-7H,2-3H2,1H3,(H,12,13,14);5-8H,3-4H2,1-2H3,(H,12,13);4-7H,2-3H2,1H3,(H3,11,12);1-4H,5,10H2,(H,11,12,13);3-6H,1-2H3,(H,10,13);1-4,6H2,(H4,7,8,9);1-5H;1-2H2;(H2,1,2,3,4). The number of hydrogen-bond acceptors (Lipinski definition) is 19. The smallest absolute Gasteiger partial charge is 0.384 e. The topological polar surface area (TPSA) is 492 Å². The fourth-order valence-corrected chi connectivity index (χ4v) is 7.64. The minimum Gasteiger partial charge on any atom is -0.384 e. The van der Waals surface area contributed by atoms with Gasteiger partial charge < -0.3 is 39.3 Å². The number of nitrogens with zero attached hydrogens (tertiary/aromatic N) is 7. The number of imide groups is 1. The van der Waals surface area contributed by atoms with Crippen LogP contribution >= 0.6 is 16.1 Å². The Bertz CT molecular complexity index is 3700. The first kappa shape index (κ1) is 82.8. The molecule has 4 heterocycles. The van der Waals surface area contributed by atoms with Crippen LogP contribution in [0.1, 0.15) is 114 Å². The molecule has 3 aromatic heterocycles. The number of amides is 4. The molecular weight excluding hydrogens is 1310 g/mol. The molecule has 1 aliphatic rings. The molecule has 8 aromatic rings. The van der Waals surface area contributed by atoms with Crippen LogP contribution in [0, 0.1) is 5.41 Å². The van der Waals surface area contributed by atoms with Gasteiger partial charge in [0.1, 0.15) is 5.84 Å². The summed E-state index contributed by atoms with van der Waals surface area (Å²) in [4.78, 5) is 77.1. The van der Waals surface area contributed by atoms with Crippen LogP contribution in [0.25, 0.3) is 22.8 Å². The maximum Gasteiger partial charge on any atom is 0.439 e. The van der Waals surface area contributed by atoms with E-state index in [2.05, 4.69) is 97.1 Å². The van der Waals surface area contributed by atoms with Crippen molar-refractivity contribution in [1.82, 2.24) is 39.8 Å². The molecule has 1 aliphatic heterocycles. The first-order chi connectivity index (χ1) is 45.4.